The average Bonchev–Trinajstić information content (AvgIpc) is 3.28. The minimum absolute atomic E-state index is 0.0625. The predicted molar refractivity (Wildman–Crippen MR) is 122 cm³/mol. The van der Waals surface area contributed by atoms with Gasteiger partial charge in [0.15, 0.2) is 0 Å². The van der Waals surface area contributed by atoms with Crippen LogP contribution in [0, 0.1) is 12.8 Å². The molecule has 1 N–H and O–H groups in total. The number of likely N-dealkylation sites (tertiary alicyclic amines) is 1. The number of amides is 2. The van der Waals surface area contributed by atoms with Crippen LogP contribution in [-0.4, -0.2) is 41.9 Å². The van der Waals surface area contributed by atoms with Gasteiger partial charge in [0.1, 0.15) is 5.75 Å². The molecule has 3 aromatic rings. The van der Waals surface area contributed by atoms with E-state index in [0.29, 0.717) is 25.2 Å². The Kier molecular flexibility index (Phi) is 6.50. The molecule has 2 atom stereocenters. The van der Waals surface area contributed by atoms with Gasteiger partial charge in [-0.1, -0.05) is 42.0 Å². The fourth-order valence-electron chi connectivity index (χ4n) is 4.22. The number of benzene rings is 2. The lowest BCUT2D eigenvalue weighted by Gasteiger charge is -2.20. The number of nitrogens with zero attached hydrogens (tertiary/aromatic N) is 2. The highest BCUT2D eigenvalue weighted by Crippen LogP contribution is 2.38. The van der Waals surface area contributed by atoms with E-state index >= 15 is 0 Å². The van der Waals surface area contributed by atoms with Gasteiger partial charge < -0.3 is 15.0 Å². The highest BCUT2D eigenvalue weighted by Gasteiger charge is 2.41. The zero-order valence-corrected chi connectivity index (χ0v) is 18.3. The Labute approximate surface area is 188 Å². The standard InChI is InChI=1S/C26H27N3O3/c1-18-9-11-20(12-10-18)26(31)29-16-22(21-7-3-4-8-24(21)32-2)23(17-29)25(30)28-15-19-6-5-13-27-14-19/h3-14,22-23H,15-17H2,1-2H3,(H,28,30). The maximum absolute atomic E-state index is 13.2. The Balaban J connectivity index is 1.58. The van der Waals surface area contributed by atoms with Crippen LogP contribution in [0.5, 0.6) is 5.75 Å². The smallest absolute Gasteiger partial charge is 0.253 e. The highest BCUT2D eigenvalue weighted by molar-refractivity contribution is 5.95. The van der Waals surface area contributed by atoms with Crippen LogP contribution in [0.15, 0.2) is 73.1 Å². The van der Waals surface area contributed by atoms with Crippen molar-refractivity contribution in [3.05, 3.63) is 95.3 Å². The number of hydrogen-bond donors (Lipinski definition) is 1. The molecule has 0 saturated carbocycles. The average molecular weight is 430 g/mol. The number of rotatable bonds is 6. The molecule has 164 valence electrons. The third kappa shape index (κ3) is 4.64. The van der Waals surface area contributed by atoms with Gasteiger partial charge in [0.25, 0.3) is 5.91 Å². The summed E-state index contributed by atoms with van der Waals surface area (Å²) < 4.78 is 5.57. The van der Waals surface area contributed by atoms with Crippen molar-refractivity contribution in [2.24, 2.45) is 5.92 Å². The fourth-order valence-corrected chi connectivity index (χ4v) is 4.22. The summed E-state index contributed by atoms with van der Waals surface area (Å²) in [5, 5.41) is 3.03. The van der Waals surface area contributed by atoms with Crippen molar-refractivity contribution >= 4 is 11.8 Å². The topological polar surface area (TPSA) is 71.5 Å². The first-order chi connectivity index (χ1) is 15.6. The summed E-state index contributed by atoms with van der Waals surface area (Å²) in [6.45, 7) is 3.20. The zero-order valence-electron chi connectivity index (χ0n) is 18.3. The van der Waals surface area contributed by atoms with Gasteiger partial charge in [0.05, 0.1) is 13.0 Å². The third-order valence-electron chi connectivity index (χ3n) is 5.97. The largest absolute Gasteiger partial charge is 0.496 e. The normalized spacial score (nSPS) is 17.8. The van der Waals surface area contributed by atoms with Gasteiger partial charge in [0.2, 0.25) is 5.91 Å². The van der Waals surface area contributed by atoms with E-state index in [1.165, 1.54) is 0 Å². The molecule has 1 aromatic heterocycles. The molecular weight excluding hydrogens is 402 g/mol. The minimum Gasteiger partial charge on any atom is -0.496 e. The minimum atomic E-state index is -0.377. The molecule has 1 saturated heterocycles. The van der Waals surface area contributed by atoms with Crippen molar-refractivity contribution in [3.8, 4) is 5.75 Å². The van der Waals surface area contributed by atoms with Crippen LogP contribution < -0.4 is 10.1 Å². The summed E-state index contributed by atoms with van der Waals surface area (Å²) in [7, 11) is 1.63. The lowest BCUT2D eigenvalue weighted by atomic mass is 9.87. The Morgan fingerprint density at radius 2 is 1.84 bits per heavy atom. The summed E-state index contributed by atoms with van der Waals surface area (Å²) >= 11 is 0. The SMILES string of the molecule is COc1ccccc1C1CN(C(=O)c2ccc(C)cc2)CC1C(=O)NCc1cccnc1. The van der Waals surface area contributed by atoms with E-state index in [1.807, 2.05) is 67.6 Å². The van der Waals surface area contributed by atoms with E-state index in [2.05, 4.69) is 10.3 Å². The molecule has 1 aliphatic heterocycles. The van der Waals surface area contributed by atoms with E-state index < -0.39 is 0 Å². The van der Waals surface area contributed by atoms with Crippen molar-refractivity contribution < 1.29 is 14.3 Å². The van der Waals surface area contributed by atoms with E-state index in [0.717, 1.165) is 22.4 Å². The van der Waals surface area contributed by atoms with Crippen molar-refractivity contribution in [2.45, 2.75) is 19.4 Å². The van der Waals surface area contributed by atoms with Crippen LogP contribution in [0.25, 0.3) is 0 Å². The molecule has 2 aromatic carbocycles. The van der Waals surface area contributed by atoms with Gasteiger partial charge in [-0.25, -0.2) is 0 Å². The second kappa shape index (κ2) is 9.64. The van der Waals surface area contributed by atoms with Crippen molar-refractivity contribution in [1.82, 2.24) is 15.2 Å². The van der Waals surface area contributed by atoms with Crippen molar-refractivity contribution in [1.29, 1.82) is 0 Å². The molecule has 4 rings (SSSR count). The number of carbonyl (C=O) groups excluding carboxylic acids is 2. The maximum atomic E-state index is 13.2. The summed E-state index contributed by atoms with van der Waals surface area (Å²) in [4.78, 5) is 32.3. The number of hydrogen-bond acceptors (Lipinski definition) is 4. The lowest BCUT2D eigenvalue weighted by Crippen LogP contribution is -2.35. The molecule has 1 fully saturated rings. The second-order valence-corrected chi connectivity index (χ2v) is 8.11. The van der Waals surface area contributed by atoms with Crippen LogP contribution in [0.3, 0.4) is 0 Å². The number of aryl methyl sites for hydroxylation is 1. The second-order valence-electron chi connectivity index (χ2n) is 8.11. The number of carbonyl (C=O) groups is 2. The molecule has 2 heterocycles. The molecule has 6 heteroatoms. The fraction of sp³-hybridized carbons (Fsp3) is 0.269. The number of nitrogens with one attached hydrogen (secondary N) is 1. The molecule has 6 nitrogen and oxygen atoms in total. The van der Waals surface area contributed by atoms with Crippen LogP contribution in [-0.2, 0) is 11.3 Å². The number of aromatic nitrogens is 1. The number of para-hydroxylation sites is 1. The summed E-state index contributed by atoms with van der Waals surface area (Å²) in [6.07, 6.45) is 3.44. The number of methoxy groups -OCH3 is 1. The lowest BCUT2D eigenvalue weighted by molar-refractivity contribution is -0.125. The van der Waals surface area contributed by atoms with Gasteiger partial charge >= 0.3 is 0 Å². The molecule has 0 aliphatic carbocycles. The molecule has 2 unspecified atom stereocenters. The third-order valence-corrected chi connectivity index (χ3v) is 5.97. The van der Waals surface area contributed by atoms with Crippen molar-refractivity contribution in [2.75, 3.05) is 20.2 Å². The monoisotopic (exact) mass is 429 g/mol. The first-order valence-corrected chi connectivity index (χ1v) is 10.7. The van der Waals surface area contributed by atoms with Crippen LogP contribution in [0.1, 0.15) is 33.0 Å². The Morgan fingerprint density at radius 3 is 2.56 bits per heavy atom. The van der Waals surface area contributed by atoms with Gasteiger partial charge in [-0.3, -0.25) is 14.6 Å². The molecule has 1 aliphatic rings. The van der Waals surface area contributed by atoms with Gasteiger partial charge in [0, 0.05) is 43.5 Å². The summed E-state index contributed by atoms with van der Waals surface area (Å²) in [6, 6.07) is 19.0. The quantitative estimate of drug-likeness (QED) is 0.650. The number of ether oxygens (including phenoxy) is 1. The van der Waals surface area contributed by atoms with Crippen molar-refractivity contribution in [3.63, 3.8) is 0 Å². The van der Waals surface area contributed by atoms with Crippen LogP contribution in [0.2, 0.25) is 0 Å². The van der Waals surface area contributed by atoms with E-state index in [1.54, 1.807) is 24.4 Å². The Morgan fingerprint density at radius 1 is 1.06 bits per heavy atom. The molecular formula is C26H27N3O3. The van der Waals surface area contributed by atoms with Gasteiger partial charge in [-0.15, -0.1) is 0 Å². The molecule has 2 amide bonds. The molecule has 0 spiro atoms. The van der Waals surface area contributed by atoms with Crippen LogP contribution in [0.4, 0.5) is 0 Å². The van der Waals surface area contributed by atoms with E-state index in [9.17, 15) is 9.59 Å². The van der Waals surface area contributed by atoms with Gasteiger partial charge in [-0.05, 0) is 42.3 Å². The maximum Gasteiger partial charge on any atom is 0.253 e. The van der Waals surface area contributed by atoms with E-state index in [-0.39, 0.29) is 23.7 Å². The molecule has 0 radical (unpaired) electrons. The number of pyridine rings is 1. The summed E-state index contributed by atoms with van der Waals surface area (Å²) in [5.41, 5.74) is 3.60. The first kappa shape index (κ1) is 21.6. The zero-order chi connectivity index (χ0) is 22.5. The molecule has 0 bridgehead atoms. The Hall–Kier alpha value is -3.67. The highest BCUT2D eigenvalue weighted by atomic mass is 16.5. The Bertz CT molecular complexity index is 1080. The summed E-state index contributed by atoms with van der Waals surface area (Å²) in [5.74, 6) is 0.0513. The first-order valence-electron chi connectivity index (χ1n) is 10.7. The van der Waals surface area contributed by atoms with Gasteiger partial charge in [-0.2, -0.15) is 0 Å². The van der Waals surface area contributed by atoms with Crippen LogP contribution >= 0.6 is 0 Å². The predicted octanol–water partition coefficient (Wildman–Crippen LogP) is 3.57. The van der Waals surface area contributed by atoms with E-state index in [4.69, 9.17) is 4.74 Å². The molecule has 32 heavy (non-hydrogen) atoms.